The van der Waals surface area contributed by atoms with Gasteiger partial charge in [-0.2, -0.15) is 0 Å². The number of aromatic carboxylic acids is 1. The van der Waals surface area contributed by atoms with E-state index in [0.717, 1.165) is 16.2 Å². The van der Waals surface area contributed by atoms with E-state index < -0.39 is 5.97 Å². The van der Waals surface area contributed by atoms with Crippen molar-refractivity contribution in [3.05, 3.63) is 46.3 Å². The average Bonchev–Trinajstić information content (AvgIpc) is 2.90. The summed E-state index contributed by atoms with van der Waals surface area (Å²) in [5, 5.41) is 12.7. The smallest absolute Gasteiger partial charge is 0.345 e. The summed E-state index contributed by atoms with van der Waals surface area (Å²) in [5.41, 5.74) is 0. The third-order valence-corrected chi connectivity index (χ3v) is 4.75. The number of carboxylic acids is 1. The molecule has 0 atom stereocenters. The largest absolute Gasteiger partial charge is 0.477 e. The van der Waals surface area contributed by atoms with Crippen LogP contribution in [0, 0.1) is 0 Å². The topological polar surface area (TPSA) is 66.4 Å². The Bertz CT molecular complexity index is 640. The molecule has 1 aromatic heterocycles. The van der Waals surface area contributed by atoms with Crippen molar-refractivity contribution in [1.82, 2.24) is 0 Å². The summed E-state index contributed by atoms with van der Waals surface area (Å²) in [7, 11) is 0. The molecule has 2 aromatic rings. The molecule has 7 heteroatoms. The van der Waals surface area contributed by atoms with Crippen molar-refractivity contribution in [2.75, 3.05) is 11.1 Å². The zero-order valence-electron chi connectivity index (χ0n) is 10.8. The first kappa shape index (κ1) is 15.9. The van der Waals surface area contributed by atoms with Gasteiger partial charge in [-0.25, -0.2) is 4.79 Å². The molecule has 0 radical (unpaired) electrons. The Hall–Kier alpha value is -1.50. The number of amides is 1. The van der Waals surface area contributed by atoms with E-state index >= 15 is 0 Å². The van der Waals surface area contributed by atoms with Gasteiger partial charge in [0, 0.05) is 22.1 Å². The van der Waals surface area contributed by atoms with Gasteiger partial charge in [-0.15, -0.1) is 23.1 Å². The van der Waals surface area contributed by atoms with Crippen molar-refractivity contribution >= 4 is 51.6 Å². The monoisotopic (exact) mass is 341 g/mol. The van der Waals surface area contributed by atoms with Crippen molar-refractivity contribution in [2.45, 2.75) is 11.3 Å². The van der Waals surface area contributed by atoms with Gasteiger partial charge in [0.1, 0.15) is 4.88 Å². The molecule has 0 unspecified atom stereocenters. The molecule has 2 rings (SSSR count). The molecule has 4 nitrogen and oxygen atoms in total. The fourth-order valence-corrected chi connectivity index (χ4v) is 3.25. The molecule has 0 fully saturated rings. The first-order valence-electron chi connectivity index (χ1n) is 6.06. The van der Waals surface area contributed by atoms with Crippen LogP contribution < -0.4 is 5.32 Å². The number of carbonyl (C=O) groups is 2. The molecule has 21 heavy (non-hydrogen) atoms. The van der Waals surface area contributed by atoms with Crippen LogP contribution in [0.25, 0.3) is 0 Å². The maximum absolute atomic E-state index is 11.7. The van der Waals surface area contributed by atoms with Crippen LogP contribution in [0.2, 0.25) is 5.02 Å². The van der Waals surface area contributed by atoms with Crippen LogP contribution >= 0.6 is 34.7 Å². The van der Waals surface area contributed by atoms with Crippen LogP contribution in [-0.2, 0) is 4.79 Å². The number of carbonyl (C=O) groups excluding carboxylic acids is 1. The van der Waals surface area contributed by atoms with Gasteiger partial charge in [-0.1, -0.05) is 11.6 Å². The van der Waals surface area contributed by atoms with Gasteiger partial charge in [-0.05, 0) is 36.4 Å². The lowest BCUT2D eigenvalue weighted by Crippen LogP contribution is -2.11. The summed E-state index contributed by atoms with van der Waals surface area (Å²) in [4.78, 5) is 23.7. The minimum absolute atomic E-state index is 0.129. The molecule has 1 aromatic carbocycles. The van der Waals surface area contributed by atoms with Crippen molar-refractivity contribution in [3.8, 4) is 0 Å². The number of anilines is 1. The Balaban J connectivity index is 1.76. The molecule has 0 aliphatic carbocycles. The number of benzene rings is 1. The number of hydrogen-bond donors (Lipinski definition) is 2. The number of nitrogens with one attached hydrogen (secondary N) is 1. The van der Waals surface area contributed by atoms with Crippen molar-refractivity contribution in [1.29, 1.82) is 0 Å². The summed E-state index contributed by atoms with van der Waals surface area (Å²) < 4.78 is 0. The van der Waals surface area contributed by atoms with Gasteiger partial charge in [0.15, 0.2) is 0 Å². The molecule has 1 amide bonds. The Kier molecular flexibility index (Phi) is 5.67. The highest BCUT2D eigenvalue weighted by molar-refractivity contribution is 7.99. The van der Waals surface area contributed by atoms with Gasteiger partial charge in [0.05, 0.1) is 5.00 Å². The van der Waals surface area contributed by atoms with Crippen LogP contribution in [0.5, 0.6) is 0 Å². The minimum atomic E-state index is -0.987. The van der Waals surface area contributed by atoms with Crippen LogP contribution in [0.15, 0.2) is 41.3 Å². The normalized spacial score (nSPS) is 10.3. The predicted molar refractivity (Wildman–Crippen MR) is 86.7 cm³/mol. The maximum atomic E-state index is 11.7. The molecule has 0 aliphatic rings. The number of halogens is 1. The molecular weight excluding hydrogens is 330 g/mol. The lowest BCUT2D eigenvalue weighted by Gasteiger charge is -2.03. The lowest BCUT2D eigenvalue weighted by molar-refractivity contribution is -0.115. The van der Waals surface area contributed by atoms with E-state index in [1.54, 1.807) is 17.8 Å². The number of thioether (sulfide) groups is 1. The van der Waals surface area contributed by atoms with E-state index in [0.29, 0.717) is 22.2 Å². The second-order valence-electron chi connectivity index (χ2n) is 4.07. The van der Waals surface area contributed by atoms with Gasteiger partial charge >= 0.3 is 5.97 Å². The Morgan fingerprint density at radius 1 is 1.19 bits per heavy atom. The second kappa shape index (κ2) is 7.49. The van der Waals surface area contributed by atoms with E-state index in [1.807, 2.05) is 24.3 Å². The lowest BCUT2D eigenvalue weighted by atomic mass is 10.4. The molecule has 0 aliphatic heterocycles. The summed E-state index contributed by atoms with van der Waals surface area (Å²) in [6.07, 6.45) is 0.355. The zero-order valence-corrected chi connectivity index (χ0v) is 13.2. The standard InChI is InChI=1S/C14H12ClNO3S2/c15-9-1-3-10(4-2-9)20-8-7-12(17)16-13-6-5-11(21-13)14(18)19/h1-6H,7-8H2,(H,16,17)(H,18,19). The second-order valence-corrected chi connectivity index (χ2v) is 6.76. The first-order chi connectivity index (χ1) is 10.0. The number of hydrogen-bond acceptors (Lipinski definition) is 4. The summed E-state index contributed by atoms with van der Waals surface area (Å²) in [5.74, 6) is -0.473. The Morgan fingerprint density at radius 3 is 2.52 bits per heavy atom. The van der Waals surface area contributed by atoms with Gasteiger partial charge in [0.25, 0.3) is 0 Å². The third kappa shape index (κ3) is 5.08. The summed E-state index contributed by atoms with van der Waals surface area (Å²) in [6, 6.07) is 10.5. The third-order valence-electron chi connectivity index (χ3n) is 2.49. The van der Waals surface area contributed by atoms with Crippen molar-refractivity contribution < 1.29 is 14.7 Å². The molecule has 110 valence electrons. The van der Waals surface area contributed by atoms with E-state index in [-0.39, 0.29) is 10.8 Å². The van der Waals surface area contributed by atoms with Crippen LogP contribution in [-0.4, -0.2) is 22.7 Å². The molecular formula is C14H12ClNO3S2. The van der Waals surface area contributed by atoms with E-state index in [4.69, 9.17) is 16.7 Å². The van der Waals surface area contributed by atoms with Crippen LogP contribution in [0.4, 0.5) is 5.00 Å². The van der Waals surface area contributed by atoms with Crippen molar-refractivity contribution in [2.24, 2.45) is 0 Å². The summed E-state index contributed by atoms with van der Waals surface area (Å²) >= 11 is 8.41. The fraction of sp³-hybridized carbons (Fsp3) is 0.143. The molecule has 0 saturated heterocycles. The van der Waals surface area contributed by atoms with E-state index in [2.05, 4.69) is 5.32 Å². The van der Waals surface area contributed by atoms with Gasteiger partial charge in [0.2, 0.25) is 5.91 Å². The van der Waals surface area contributed by atoms with Crippen LogP contribution in [0.3, 0.4) is 0 Å². The molecule has 0 saturated carbocycles. The number of carboxylic acid groups (broad SMARTS) is 1. The Labute approximate surface area is 135 Å². The zero-order chi connectivity index (χ0) is 15.2. The molecule has 2 N–H and O–H groups in total. The first-order valence-corrected chi connectivity index (χ1v) is 8.24. The van der Waals surface area contributed by atoms with E-state index in [9.17, 15) is 9.59 Å². The average molecular weight is 342 g/mol. The number of thiophene rings is 1. The van der Waals surface area contributed by atoms with E-state index in [1.165, 1.54) is 6.07 Å². The van der Waals surface area contributed by atoms with Crippen molar-refractivity contribution in [3.63, 3.8) is 0 Å². The SMILES string of the molecule is O=C(CCSc1ccc(Cl)cc1)Nc1ccc(C(=O)O)s1. The Morgan fingerprint density at radius 2 is 1.90 bits per heavy atom. The molecule has 0 bridgehead atoms. The summed E-state index contributed by atoms with van der Waals surface area (Å²) in [6.45, 7) is 0. The molecule has 0 spiro atoms. The highest BCUT2D eigenvalue weighted by Crippen LogP contribution is 2.23. The molecule has 1 heterocycles. The highest BCUT2D eigenvalue weighted by Gasteiger charge is 2.09. The quantitative estimate of drug-likeness (QED) is 0.772. The van der Waals surface area contributed by atoms with Gasteiger partial charge < -0.3 is 10.4 Å². The van der Waals surface area contributed by atoms with Gasteiger partial charge in [-0.3, -0.25) is 4.79 Å². The fourth-order valence-electron chi connectivity index (χ4n) is 1.51. The highest BCUT2D eigenvalue weighted by atomic mass is 35.5. The maximum Gasteiger partial charge on any atom is 0.345 e. The van der Waals surface area contributed by atoms with Crippen LogP contribution in [0.1, 0.15) is 16.1 Å². The minimum Gasteiger partial charge on any atom is -0.477 e. The number of rotatable bonds is 6. The predicted octanol–water partition coefficient (Wildman–Crippen LogP) is 4.22.